The summed E-state index contributed by atoms with van der Waals surface area (Å²) in [5.74, 6) is 0. The van der Waals surface area contributed by atoms with Crippen LogP contribution in [-0.2, 0) is 6.42 Å². The Morgan fingerprint density at radius 3 is 2.74 bits per heavy atom. The number of nitrogens with one attached hydrogen (secondary N) is 1. The zero-order valence-electron chi connectivity index (χ0n) is 13.1. The molecule has 1 aromatic heterocycles. The van der Waals surface area contributed by atoms with Crippen LogP contribution in [0.15, 0.2) is 42.5 Å². The van der Waals surface area contributed by atoms with E-state index in [1.165, 1.54) is 46.1 Å². The third-order valence-corrected chi connectivity index (χ3v) is 5.98. The van der Waals surface area contributed by atoms with Gasteiger partial charge in [0.25, 0.3) is 0 Å². The van der Waals surface area contributed by atoms with Gasteiger partial charge in [-0.3, -0.25) is 4.90 Å². The van der Waals surface area contributed by atoms with Gasteiger partial charge in [0, 0.05) is 40.2 Å². The second-order valence-electron chi connectivity index (χ2n) is 6.87. The molecule has 1 fully saturated rings. The van der Waals surface area contributed by atoms with Crippen LogP contribution in [0.25, 0.3) is 22.0 Å². The Morgan fingerprint density at radius 2 is 1.91 bits per heavy atom. The Bertz CT molecular complexity index is 894. The van der Waals surface area contributed by atoms with Gasteiger partial charge < -0.3 is 4.98 Å². The number of nitrogens with zero attached hydrogens (tertiary/aromatic N) is 1. The van der Waals surface area contributed by atoms with Crippen molar-refractivity contribution in [3.05, 3.63) is 58.7 Å². The fraction of sp³-hybridized carbons (Fsp3) is 0.300. The number of halogens is 1. The number of para-hydroxylation sites is 1. The molecule has 2 nitrogen and oxygen atoms in total. The van der Waals surface area contributed by atoms with Crippen molar-refractivity contribution in [2.45, 2.75) is 31.3 Å². The van der Waals surface area contributed by atoms with Crippen LogP contribution in [0.5, 0.6) is 0 Å². The Hall–Kier alpha value is -1.77. The van der Waals surface area contributed by atoms with Gasteiger partial charge in [0.1, 0.15) is 0 Å². The third-order valence-electron chi connectivity index (χ3n) is 5.72. The minimum Gasteiger partial charge on any atom is -0.358 e. The van der Waals surface area contributed by atoms with Crippen LogP contribution in [0.1, 0.15) is 30.1 Å². The van der Waals surface area contributed by atoms with Crippen molar-refractivity contribution in [2.24, 2.45) is 0 Å². The van der Waals surface area contributed by atoms with E-state index in [0.29, 0.717) is 12.1 Å². The van der Waals surface area contributed by atoms with Gasteiger partial charge in [0.2, 0.25) is 0 Å². The summed E-state index contributed by atoms with van der Waals surface area (Å²) in [5.41, 5.74) is 6.75. The Balaban J connectivity index is 1.74. The standard InChI is InChI=1S/C20H19ClN2/c1-23-14-9-10-18(23)19-16-4-2-3-15(20(16)22-17(19)11-14)12-5-7-13(21)8-6-12/h2-8,14,18,22H,9-11H2,1H3. The minimum atomic E-state index is 0.581. The van der Waals surface area contributed by atoms with Crippen LogP contribution in [0, 0.1) is 0 Å². The molecule has 1 saturated heterocycles. The highest BCUT2D eigenvalue weighted by Crippen LogP contribution is 2.46. The molecule has 2 aromatic carbocycles. The number of likely N-dealkylation sites (N-methyl/N-ethyl adjacent to an activating group) is 1. The number of H-pyrrole nitrogens is 1. The minimum absolute atomic E-state index is 0.581. The van der Waals surface area contributed by atoms with Gasteiger partial charge in [-0.05, 0) is 43.1 Å². The number of hydrogen-bond acceptors (Lipinski definition) is 1. The highest BCUT2D eigenvalue weighted by molar-refractivity contribution is 6.30. The first-order valence-electron chi connectivity index (χ1n) is 8.33. The molecule has 23 heavy (non-hydrogen) atoms. The van der Waals surface area contributed by atoms with Crippen molar-refractivity contribution in [3.8, 4) is 11.1 Å². The zero-order chi connectivity index (χ0) is 15.6. The number of hydrogen-bond donors (Lipinski definition) is 1. The van der Waals surface area contributed by atoms with E-state index < -0.39 is 0 Å². The molecule has 116 valence electrons. The fourth-order valence-electron chi connectivity index (χ4n) is 4.55. The van der Waals surface area contributed by atoms with Crippen LogP contribution in [-0.4, -0.2) is 23.0 Å². The van der Waals surface area contributed by atoms with E-state index in [1.807, 2.05) is 12.1 Å². The number of rotatable bonds is 1. The van der Waals surface area contributed by atoms with Gasteiger partial charge in [-0.1, -0.05) is 41.9 Å². The first-order valence-corrected chi connectivity index (χ1v) is 8.71. The maximum Gasteiger partial charge on any atom is 0.0539 e. The molecule has 2 atom stereocenters. The Labute approximate surface area is 141 Å². The second-order valence-corrected chi connectivity index (χ2v) is 7.31. The van der Waals surface area contributed by atoms with Crippen LogP contribution >= 0.6 is 11.6 Å². The van der Waals surface area contributed by atoms with Gasteiger partial charge in [0.05, 0.1) is 5.52 Å². The molecule has 0 radical (unpaired) electrons. The third kappa shape index (κ3) is 1.92. The van der Waals surface area contributed by atoms with Gasteiger partial charge in [-0.25, -0.2) is 0 Å². The van der Waals surface area contributed by atoms with E-state index in [2.05, 4.69) is 47.3 Å². The van der Waals surface area contributed by atoms with Crippen LogP contribution in [0.4, 0.5) is 0 Å². The molecular weight excluding hydrogens is 304 g/mol. The van der Waals surface area contributed by atoms with Crippen LogP contribution in [0.3, 0.4) is 0 Å². The quantitative estimate of drug-likeness (QED) is 0.654. The number of benzene rings is 2. The van der Waals surface area contributed by atoms with Crippen molar-refractivity contribution in [2.75, 3.05) is 7.05 Å². The average Bonchev–Trinajstić information content (AvgIpc) is 3.03. The molecule has 2 aliphatic heterocycles. The molecule has 3 aromatic rings. The molecule has 2 unspecified atom stereocenters. The van der Waals surface area contributed by atoms with Crippen molar-refractivity contribution >= 4 is 22.5 Å². The van der Waals surface area contributed by atoms with Gasteiger partial charge in [0.15, 0.2) is 0 Å². The van der Waals surface area contributed by atoms with Crippen molar-refractivity contribution in [1.29, 1.82) is 0 Å². The monoisotopic (exact) mass is 322 g/mol. The van der Waals surface area contributed by atoms with E-state index in [4.69, 9.17) is 11.6 Å². The highest BCUT2D eigenvalue weighted by atomic mass is 35.5. The molecule has 0 amide bonds. The lowest BCUT2D eigenvalue weighted by atomic mass is 9.96. The van der Waals surface area contributed by atoms with Gasteiger partial charge in [-0.2, -0.15) is 0 Å². The molecule has 0 aliphatic carbocycles. The summed E-state index contributed by atoms with van der Waals surface area (Å²) in [6, 6.07) is 16.1. The Kier molecular flexibility index (Phi) is 2.88. The fourth-order valence-corrected chi connectivity index (χ4v) is 4.67. The maximum absolute atomic E-state index is 6.05. The summed E-state index contributed by atoms with van der Waals surface area (Å²) in [7, 11) is 2.28. The normalized spacial score (nSPS) is 23.4. The van der Waals surface area contributed by atoms with Gasteiger partial charge in [-0.15, -0.1) is 0 Å². The molecule has 0 spiro atoms. The van der Waals surface area contributed by atoms with Crippen molar-refractivity contribution in [3.63, 3.8) is 0 Å². The largest absolute Gasteiger partial charge is 0.358 e. The summed E-state index contributed by atoms with van der Waals surface area (Å²) in [6.45, 7) is 0. The number of aromatic amines is 1. The SMILES string of the molecule is CN1C2CCC1c1c([nH]c3c(-c4ccc(Cl)cc4)cccc13)C2. The summed E-state index contributed by atoms with van der Waals surface area (Å²) in [6.07, 6.45) is 3.76. The topological polar surface area (TPSA) is 19.0 Å². The first kappa shape index (κ1) is 13.6. The van der Waals surface area contributed by atoms with E-state index in [-0.39, 0.29) is 0 Å². The molecule has 1 N–H and O–H groups in total. The Morgan fingerprint density at radius 1 is 1.09 bits per heavy atom. The van der Waals surface area contributed by atoms with Crippen molar-refractivity contribution in [1.82, 2.24) is 9.88 Å². The van der Waals surface area contributed by atoms with Gasteiger partial charge >= 0.3 is 0 Å². The first-order chi connectivity index (χ1) is 11.2. The lowest BCUT2D eigenvalue weighted by molar-refractivity contribution is 0.224. The molecule has 2 bridgehead atoms. The van der Waals surface area contributed by atoms with E-state index >= 15 is 0 Å². The molecule has 2 aliphatic rings. The van der Waals surface area contributed by atoms with Crippen LogP contribution in [0.2, 0.25) is 5.02 Å². The number of aromatic nitrogens is 1. The molecule has 3 heterocycles. The molecular formula is C20H19ClN2. The molecule has 3 heteroatoms. The lowest BCUT2D eigenvalue weighted by Crippen LogP contribution is -2.33. The average molecular weight is 323 g/mol. The second kappa shape index (κ2) is 4.86. The maximum atomic E-state index is 6.05. The lowest BCUT2D eigenvalue weighted by Gasteiger charge is -2.31. The number of fused-ring (bicyclic) bond motifs is 6. The molecule has 5 rings (SSSR count). The summed E-state index contributed by atoms with van der Waals surface area (Å²) >= 11 is 6.05. The van der Waals surface area contributed by atoms with Crippen molar-refractivity contribution < 1.29 is 0 Å². The van der Waals surface area contributed by atoms with E-state index in [1.54, 1.807) is 0 Å². The summed E-state index contributed by atoms with van der Waals surface area (Å²) < 4.78 is 0. The smallest absolute Gasteiger partial charge is 0.0539 e. The predicted octanol–water partition coefficient (Wildman–Crippen LogP) is 5.18. The summed E-state index contributed by atoms with van der Waals surface area (Å²) in [4.78, 5) is 6.33. The highest BCUT2D eigenvalue weighted by Gasteiger charge is 2.39. The zero-order valence-corrected chi connectivity index (χ0v) is 13.9. The molecule has 0 saturated carbocycles. The van der Waals surface area contributed by atoms with E-state index in [0.717, 1.165) is 11.4 Å². The van der Waals surface area contributed by atoms with Crippen LogP contribution < -0.4 is 0 Å². The predicted molar refractivity (Wildman–Crippen MR) is 96.0 cm³/mol. The van der Waals surface area contributed by atoms with E-state index in [9.17, 15) is 0 Å². The summed E-state index contributed by atoms with van der Waals surface area (Å²) in [5, 5.41) is 2.18.